The average molecular weight is 250 g/mol. The summed E-state index contributed by atoms with van der Waals surface area (Å²) < 4.78 is 0. The van der Waals surface area contributed by atoms with Crippen molar-refractivity contribution in [2.24, 2.45) is 0 Å². The summed E-state index contributed by atoms with van der Waals surface area (Å²) in [6.45, 7) is 3.77. The second kappa shape index (κ2) is 5.45. The van der Waals surface area contributed by atoms with Gasteiger partial charge in [0.05, 0.1) is 0 Å². The lowest BCUT2D eigenvalue weighted by Crippen LogP contribution is -2.37. The van der Waals surface area contributed by atoms with Gasteiger partial charge in [-0.25, -0.2) is 0 Å². The Bertz CT molecular complexity index is 414. The van der Waals surface area contributed by atoms with Gasteiger partial charge >= 0.3 is 0 Å². The third-order valence-corrected chi connectivity index (χ3v) is 3.98. The molecule has 92 valence electrons. The van der Waals surface area contributed by atoms with Crippen LogP contribution in [0.5, 0.6) is 0 Å². The van der Waals surface area contributed by atoms with E-state index >= 15 is 0 Å². The van der Waals surface area contributed by atoms with Gasteiger partial charge in [-0.3, -0.25) is 4.79 Å². The number of hydrogen-bond donors (Lipinski definition) is 1. The van der Waals surface area contributed by atoms with E-state index in [1.165, 1.54) is 0 Å². The highest BCUT2D eigenvalue weighted by Crippen LogP contribution is 2.18. The van der Waals surface area contributed by atoms with Crippen molar-refractivity contribution >= 4 is 23.4 Å². The molecule has 0 aliphatic carbocycles. The lowest BCUT2D eigenvalue weighted by Gasteiger charge is -2.26. The molecule has 2 rings (SSSR count). The second-order valence-electron chi connectivity index (χ2n) is 4.18. The first-order chi connectivity index (χ1) is 8.22. The van der Waals surface area contributed by atoms with E-state index in [0.29, 0.717) is 0 Å². The molecular weight excluding hydrogens is 232 g/mol. The summed E-state index contributed by atoms with van der Waals surface area (Å²) in [5, 5.41) is 3.11. The molecule has 4 heteroatoms. The van der Waals surface area contributed by atoms with Crippen molar-refractivity contribution in [3.63, 3.8) is 0 Å². The smallest absolute Gasteiger partial charge is 0.253 e. The second-order valence-corrected chi connectivity index (χ2v) is 5.41. The Morgan fingerprint density at radius 3 is 2.65 bits per heavy atom. The maximum atomic E-state index is 12.2. The average Bonchev–Trinajstić information content (AvgIpc) is 2.39. The van der Waals surface area contributed by atoms with Crippen LogP contribution in [0.4, 0.5) is 5.69 Å². The minimum absolute atomic E-state index is 0.163. The van der Waals surface area contributed by atoms with E-state index in [2.05, 4.69) is 5.32 Å². The summed E-state index contributed by atoms with van der Waals surface area (Å²) in [5.74, 6) is 2.27. The number of amides is 1. The molecule has 1 aliphatic heterocycles. The number of hydrogen-bond acceptors (Lipinski definition) is 3. The molecule has 3 nitrogen and oxygen atoms in total. The summed E-state index contributed by atoms with van der Waals surface area (Å²) in [6.07, 6.45) is 0. The third-order valence-electron chi connectivity index (χ3n) is 3.04. The predicted octanol–water partition coefficient (Wildman–Crippen LogP) is 2.23. The number of nitrogens with zero attached hydrogens (tertiary/aromatic N) is 1. The minimum Gasteiger partial charge on any atom is -0.388 e. The zero-order valence-corrected chi connectivity index (χ0v) is 11.1. The van der Waals surface area contributed by atoms with Crippen LogP contribution in [-0.2, 0) is 0 Å². The maximum Gasteiger partial charge on any atom is 0.253 e. The Morgan fingerprint density at radius 2 is 2.06 bits per heavy atom. The number of carbonyl (C=O) groups is 1. The van der Waals surface area contributed by atoms with Crippen molar-refractivity contribution in [2.75, 3.05) is 37.0 Å². The van der Waals surface area contributed by atoms with E-state index in [0.717, 1.165) is 41.4 Å². The largest absolute Gasteiger partial charge is 0.388 e. The highest BCUT2D eigenvalue weighted by atomic mass is 32.2. The lowest BCUT2D eigenvalue weighted by molar-refractivity contribution is 0.0772. The van der Waals surface area contributed by atoms with Crippen LogP contribution >= 0.6 is 11.8 Å². The van der Waals surface area contributed by atoms with Crippen molar-refractivity contribution in [1.82, 2.24) is 4.90 Å². The molecule has 0 aromatic heterocycles. The molecular formula is C13H18N2OS. The quantitative estimate of drug-likeness (QED) is 0.873. The predicted molar refractivity (Wildman–Crippen MR) is 74.0 cm³/mol. The number of rotatable bonds is 2. The number of anilines is 1. The van der Waals surface area contributed by atoms with E-state index in [-0.39, 0.29) is 5.91 Å². The van der Waals surface area contributed by atoms with Gasteiger partial charge in [0, 0.05) is 42.9 Å². The summed E-state index contributed by atoms with van der Waals surface area (Å²) in [5.41, 5.74) is 2.99. The van der Waals surface area contributed by atoms with E-state index < -0.39 is 0 Å². The Morgan fingerprint density at radius 1 is 1.35 bits per heavy atom. The van der Waals surface area contributed by atoms with Gasteiger partial charge in [-0.1, -0.05) is 0 Å². The number of aryl methyl sites for hydroxylation is 1. The van der Waals surface area contributed by atoms with Gasteiger partial charge in [-0.05, 0) is 30.7 Å². The van der Waals surface area contributed by atoms with Gasteiger partial charge < -0.3 is 10.2 Å². The molecule has 17 heavy (non-hydrogen) atoms. The zero-order valence-electron chi connectivity index (χ0n) is 10.3. The van der Waals surface area contributed by atoms with Crippen LogP contribution in [0.1, 0.15) is 15.9 Å². The maximum absolute atomic E-state index is 12.2. The van der Waals surface area contributed by atoms with Gasteiger partial charge in [-0.2, -0.15) is 11.8 Å². The highest BCUT2D eigenvalue weighted by Gasteiger charge is 2.18. The van der Waals surface area contributed by atoms with E-state index in [1.807, 2.05) is 48.8 Å². The topological polar surface area (TPSA) is 32.3 Å². The van der Waals surface area contributed by atoms with Crippen LogP contribution in [0, 0.1) is 6.92 Å². The van der Waals surface area contributed by atoms with Crippen LogP contribution in [0.25, 0.3) is 0 Å². The van der Waals surface area contributed by atoms with Crippen molar-refractivity contribution in [3.8, 4) is 0 Å². The van der Waals surface area contributed by atoms with Crippen LogP contribution in [0.15, 0.2) is 18.2 Å². The summed E-state index contributed by atoms with van der Waals surface area (Å²) >= 11 is 1.92. The Balaban J connectivity index is 2.16. The Hall–Kier alpha value is -1.16. The zero-order chi connectivity index (χ0) is 12.3. The minimum atomic E-state index is 0.163. The first kappa shape index (κ1) is 12.3. The van der Waals surface area contributed by atoms with Crippen LogP contribution in [0.3, 0.4) is 0 Å². The molecule has 0 bridgehead atoms. The van der Waals surface area contributed by atoms with E-state index in [9.17, 15) is 4.79 Å². The normalized spacial score (nSPS) is 15.8. The molecule has 1 aromatic rings. The molecule has 1 N–H and O–H groups in total. The van der Waals surface area contributed by atoms with E-state index in [4.69, 9.17) is 0 Å². The molecule has 0 atom stereocenters. The van der Waals surface area contributed by atoms with Gasteiger partial charge in [0.1, 0.15) is 0 Å². The van der Waals surface area contributed by atoms with Crippen molar-refractivity contribution in [2.45, 2.75) is 6.92 Å². The monoisotopic (exact) mass is 250 g/mol. The van der Waals surface area contributed by atoms with Gasteiger partial charge in [0.2, 0.25) is 0 Å². The third kappa shape index (κ3) is 2.75. The fraction of sp³-hybridized carbons (Fsp3) is 0.462. The molecule has 0 radical (unpaired) electrons. The van der Waals surface area contributed by atoms with Crippen LogP contribution < -0.4 is 5.32 Å². The number of benzene rings is 1. The number of nitrogens with one attached hydrogen (secondary N) is 1. The molecule has 1 saturated heterocycles. The van der Waals surface area contributed by atoms with Crippen LogP contribution in [0.2, 0.25) is 0 Å². The summed E-state index contributed by atoms with van der Waals surface area (Å²) in [7, 11) is 1.89. The number of thioether (sulfide) groups is 1. The molecule has 1 fully saturated rings. The fourth-order valence-electron chi connectivity index (χ4n) is 2.03. The van der Waals surface area contributed by atoms with Gasteiger partial charge in [0.25, 0.3) is 5.91 Å². The SMILES string of the molecule is CNc1ccc(C(=O)N2CCSCC2)cc1C. The molecule has 0 saturated carbocycles. The molecule has 1 aromatic carbocycles. The molecule has 1 heterocycles. The Kier molecular flexibility index (Phi) is 3.94. The highest BCUT2D eigenvalue weighted by molar-refractivity contribution is 7.99. The Labute approximate surface area is 107 Å². The van der Waals surface area contributed by atoms with Crippen LogP contribution in [-0.4, -0.2) is 42.4 Å². The summed E-state index contributed by atoms with van der Waals surface area (Å²) in [6, 6.07) is 5.85. The molecule has 1 amide bonds. The summed E-state index contributed by atoms with van der Waals surface area (Å²) in [4.78, 5) is 14.2. The number of carbonyl (C=O) groups excluding carboxylic acids is 1. The first-order valence-corrected chi connectivity index (χ1v) is 7.03. The van der Waals surface area contributed by atoms with Crippen molar-refractivity contribution in [1.29, 1.82) is 0 Å². The molecule has 0 unspecified atom stereocenters. The van der Waals surface area contributed by atoms with E-state index in [1.54, 1.807) is 0 Å². The molecule has 0 spiro atoms. The fourth-order valence-corrected chi connectivity index (χ4v) is 2.93. The standard InChI is InChI=1S/C13H18N2OS/c1-10-9-11(3-4-12(10)14-2)13(16)15-5-7-17-8-6-15/h3-4,9,14H,5-8H2,1-2H3. The van der Waals surface area contributed by atoms with Crippen molar-refractivity contribution < 1.29 is 4.79 Å². The molecule has 1 aliphatic rings. The van der Waals surface area contributed by atoms with Gasteiger partial charge in [0.15, 0.2) is 0 Å². The van der Waals surface area contributed by atoms with Gasteiger partial charge in [-0.15, -0.1) is 0 Å². The lowest BCUT2D eigenvalue weighted by atomic mass is 10.1. The van der Waals surface area contributed by atoms with Crippen molar-refractivity contribution in [3.05, 3.63) is 29.3 Å². The first-order valence-electron chi connectivity index (χ1n) is 5.88.